The van der Waals surface area contributed by atoms with Crippen molar-refractivity contribution in [3.63, 3.8) is 0 Å². The maximum Gasteiger partial charge on any atom is 0.224 e. The minimum absolute atomic E-state index is 0.0535. The molecule has 0 aromatic heterocycles. The van der Waals surface area contributed by atoms with Gasteiger partial charge in [0, 0.05) is 24.4 Å². The topological polar surface area (TPSA) is 32.3 Å². The molecular weight excluding hydrogens is 236 g/mol. The van der Waals surface area contributed by atoms with E-state index >= 15 is 0 Å². The minimum Gasteiger partial charge on any atom is -0.354 e. The normalized spacial score (nSPS) is 15.1. The lowest BCUT2D eigenvalue weighted by Gasteiger charge is -2.31. The number of likely N-dealkylation sites (N-methyl/N-ethyl adjacent to an activating group) is 1. The van der Waals surface area contributed by atoms with Gasteiger partial charge in [-0.3, -0.25) is 4.79 Å². The Kier molecular flexibility index (Phi) is 8.61. The first-order valence-corrected chi connectivity index (χ1v) is 7.01. The number of amides is 1. The lowest BCUT2D eigenvalue weighted by atomic mass is 9.93. The van der Waals surface area contributed by atoms with Crippen LogP contribution in [0.3, 0.4) is 0 Å². The molecule has 2 atom stereocenters. The molecule has 0 aliphatic carbocycles. The molecule has 0 bridgehead atoms. The van der Waals surface area contributed by atoms with Gasteiger partial charge >= 0.3 is 0 Å². The van der Waals surface area contributed by atoms with Crippen LogP contribution >= 0.6 is 11.6 Å². The van der Waals surface area contributed by atoms with E-state index in [1.54, 1.807) is 0 Å². The molecule has 102 valence electrons. The molecule has 0 saturated heterocycles. The number of carbonyl (C=O) groups excluding carboxylic acids is 1. The Morgan fingerprint density at radius 1 is 1.29 bits per heavy atom. The molecule has 0 aromatic rings. The van der Waals surface area contributed by atoms with E-state index in [9.17, 15) is 4.79 Å². The van der Waals surface area contributed by atoms with Crippen molar-refractivity contribution < 1.29 is 4.79 Å². The average molecular weight is 263 g/mol. The molecule has 0 fully saturated rings. The van der Waals surface area contributed by atoms with Crippen LogP contribution < -0.4 is 5.32 Å². The summed E-state index contributed by atoms with van der Waals surface area (Å²) in [6.07, 6.45) is 2.28. The van der Waals surface area contributed by atoms with E-state index in [1.165, 1.54) is 0 Å². The van der Waals surface area contributed by atoms with Crippen LogP contribution in [-0.2, 0) is 4.79 Å². The lowest BCUT2D eigenvalue weighted by molar-refractivity contribution is -0.124. The number of nitrogens with zero attached hydrogens (tertiary/aromatic N) is 1. The Morgan fingerprint density at radius 3 is 2.18 bits per heavy atom. The van der Waals surface area contributed by atoms with Gasteiger partial charge < -0.3 is 10.2 Å². The molecule has 2 unspecified atom stereocenters. The molecule has 0 heterocycles. The smallest absolute Gasteiger partial charge is 0.224 e. The largest absolute Gasteiger partial charge is 0.354 e. The summed E-state index contributed by atoms with van der Waals surface area (Å²) < 4.78 is 0. The third-order valence-corrected chi connectivity index (χ3v) is 3.88. The van der Waals surface area contributed by atoms with Crippen LogP contribution in [-0.4, -0.2) is 43.4 Å². The Labute approximate surface area is 111 Å². The van der Waals surface area contributed by atoms with Gasteiger partial charge in [-0.05, 0) is 20.0 Å². The van der Waals surface area contributed by atoms with Gasteiger partial charge in [0.25, 0.3) is 0 Å². The molecule has 1 amide bonds. The van der Waals surface area contributed by atoms with E-state index in [4.69, 9.17) is 11.6 Å². The number of rotatable bonds is 8. The summed E-state index contributed by atoms with van der Waals surface area (Å²) in [5, 5.41) is 3.00. The van der Waals surface area contributed by atoms with Crippen molar-refractivity contribution in [3.8, 4) is 0 Å². The molecule has 4 heteroatoms. The first kappa shape index (κ1) is 16.7. The second-order valence-electron chi connectivity index (χ2n) is 4.91. The maximum atomic E-state index is 11.7. The number of halogens is 1. The summed E-state index contributed by atoms with van der Waals surface area (Å²) in [7, 11) is 4.14. The van der Waals surface area contributed by atoms with Crippen molar-refractivity contribution in [1.29, 1.82) is 0 Å². The van der Waals surface area contributed by atoms with E-state index < -0.39 is 0 Å². The summed E-state index contributed by atoms with van der Waals surface area (Å²) in [4.78, 5) is 13.9. The van der Waals surface area contributed by atoms with E-state index in [0.717, 1.165) is 12.8 Å². The zero-order valence-electron chi connectivity index (χ0n) is 11.8. The quantitative estimate of drug-likeness (QED) is 0.681. The van der Waals surface area contributed by atoms with Crippen LogP contribution in [0.1, 0.15) is 33.6 Å². The fraction of sp³-hybridized carbons (Fsp3) is 0.923. The van der Waals surface area contributed by atoms with Gasteiger partial charge in [-0.25, -0.2) is 0 Å². The number of alkyl halides is 1. The van der Waals surface area contributed by atoms with Gasteiger partial charge in [0.2, 0.25) is 5.91 Å². The monoisotopic (exact) mass is 262 g/mol. The lowest BCUT2D eigenvalue weighted by Crippen LogP contribution is -2.45. The van der Waals surface area contributed by atoms with Crippen molar-refractivity contribution in [2.45, 2.75) is 39.7 Å². The summed E-state index contributed by atoms with van der Waals surface area (Å²) in [5.74, 6) is 0.944. The Balaban J connectivity index is 4.32. The summed E-state index contributed by atoms with van der Waals surface area (Å²) in [6, 6.07) is 0.400. The van der Waals surface area contributed by atoms with Gasteiger partial charge in [0.1, 0.15) is 0 Å². The van der Waals surface area contributed by atoms with E-state index in [-0.39, 0.29) is 11.8 Å². The predicted molar refractivity (Wildman–Crippen MR) is 74.4 cm³/mol. The van der Waals surface area contributed by atoms with Crippen LogP contribution in [0.5, 0.6) is 0 Å². The molecule has 0 saturated carbocycles. The third kappa shape index (κ3) is 5.73. The second kappa shape index (κ2) is 8.76. The van der Waals surface area contributed by atoms with Gasteiger partial charge in [0.15, 0.2) is 0 Å². The van der Waals surface area contributed by atoms with Crippen molar-refractivity contribution in [2.24, 2.45) is 11.8 Å². The highest BCUT2D eigenvalue weighted by molar-refractivity contribution is 6.19. The van der Waals surface area contributed by atoms with Gasteiger partial charge in [-0.2, -0.15) is 0 Å². The summed E-state index contributed by atoms with van der Waals surface area (Å²) in [5.41, 5.74) is 0. The van der Waals surface area contributed by atoms with Crippen molar-refractivity contribution >= 4 is 17.5 Å². The second-order valence-corrected chi connectivity index (χ2v) is 5.22. The number of hydrogen-bond acceptors (Lipinski definition) is 2. The van der Waals surface area contributed by atoms with Crippen LogP contribution in [0.25, 0.3) is 0 Å². The Bertz CT molecular complexity index is 217. The fourth-order valence-electron chi connectivity index (χ4n) is 2.05. The zero-order chi connectivity index (χ0) is 13.4. The first-order valence-electron chi connectivity index (χ1n) is 6.47. The zero-order valence-corrected chi connectivity index (χ0v) is 12.5. The molecule has 3 nitrogen and oxygen atoms in total. The standard InChI is InChI=1S/C13H27ClN2O/c1-6-11(7-2)12(16(4)5)9-15-13(17)10(3)8-14/h10-12H,6-9H2,1-5H3,(H,15,17). The molecule has 17 heavy (non-hydrogen) atoms. The molecule has 0 radical (unpaired) electrons. The Morgan fingerprint density at radius 2 is 1.82 bits per heavy atom. The molecule has 0 rings (SSSR count). The van der Waals surface area contributed by atoms with Gasteiger partial charge in [-0.15, -0.1) is 11.6 Å². The van der Waals surface area contributed by atoms with E-state index in [1.807, 2.05) is 6.92 Å². The minimum atomic E-state index is -0.110. The molecule has 0 spiro atoms. The maximum absolute atomic E-state index is 11.7. The molecule has 0 aromatic carbocycles. The fourth-order valence-corrected chi connectivity index (χ4v) is 2.19. The molecular formula is C13H27ClN2O. The van der Waals surface area contributed by atoms with E-state index in [2.05, 4.69) is 38.2 Å². The first-order chi connectivity index (χ1) is 7.97. The Hall–Kier alpha value is -0.280. The van der Waals surface area contributed by atoms with Crippen LogP contribution in [0, 0.1) is 11.8 Å². The predicted octanol–water partition coefficient (Wildman–Crippen LogP) is 2.34. The summed E-state index contributed by atoms with van der Waals surface area (Å²) >= 11 is 5.67. The highest BCUT2D eigenvalue weighted by atomic mass is 35.5. The molecule has 0 aliphatic rings. The number of nitrogens with one attached hydrogen (secondary N) is 1. The van der Waals surface area contributed by atoms with E-state index in [0.29, 0.717) is 24.4 Å². The van der Waals surface area contributed by atoms with Crippen molar-refractivity contribution in [3.05, 3.63) is 0 Å². The molecule has 0 aliphatic heterocycles. The highest BCUT2D eigenvalue weighted by Crippen LogP contribution is 2.16. The van der Waals surface area contributed by atoms with Crippen molar-refractivity contribution in [1.82, 2.24) is 10.2 Å². The number of hydrogen-bond donors (Lipinski definition) is 1. The van der Waals surface area contributed by atoms with Gasteiger partial charge in [0.05, 0.1) is 0 Å². The SMILES string of the molecule is CCC(CC)C(CNC(=O)C(C)CCl)N(C)C. The van der Waals surface area contributed by atoms with Crippen LogP contribution in [0.2, 0.25) is 0 Å². The third-order valence-electron chi connectivity index (χ3n) is 3.42. The summed E-state index contributed by atoms with van der Waals surface area (Å²) in [6.45, 7) is 6.96. The van der Waals surface area contributed by atoms with Crippen molar-refractivity contribution in [2.75, 3.05) is 26.5 Å². The number of carbonyl (C=O) groups is 1. The van der Waals surface area contributed by atoms with Crippen LogP contribution in [0.15, 0.2) is 0 Å². The highest BCUT2D eigenvalue weighted by Gasteiger charge is 2.22. The molecule has 1 N–H and O–H groups in total. The average Bonchev–Trinajstić information content (AvgIpc) is 2.32. The van der Waals surface area contributed by atoms with Crippen LogP contribution in [0.4, 0.5) is 0 Å². The van der Waals surface area contributed by atoms with Gasteiger partial charge in [-0.1, -0.05) is 33.6 Å².